The first kappa shape index (κ1) is 15.8. The zero-order chi connectivity index (χ0) is 28.3. The molecule has 0 radical (unpaired) electrons. The summed E-state index contributed by atoms with van der Waals surface area (Å²) in [5.41, 5.74) is 0.333. The Morgan fingerprint density at radius 3 is 2.38 bits per heavy atom. The van der Waals surface area contributed by atoms with Crippen molar-refractivity contribution in [3.8, 4) is 5.75 Å². The third-order valence-corrected chi connectivity index (χ3v) is 4.56. The molecule has 0 aliphatic heterocycles. The number of carbonyl (C=O) groups is 2. The van der Waals surface area contributed by atoms with Gasteiger partial charge in [0.15, 0.2) is 0 Å². The molecule has 8 nitrogen and oxygen atoms in total. The van der Waals surface area contributed by atoms with Crippen molar-refractivity contribution in [3.63, 3.8) is 0 Å². The number of amides is 2. The topological polar surface area (TPSA) is 107 Å². The van der Waals surface area contributed by atoms with Gasteiger partial charge >= 0.3 is 0 Å². The van der Waals surface area contributed by atoms with Crippen LogP contribution in [0.2, 0.25) is 5.02 Å². The number of anilines is 2. The fourth-order valence-electron chi connectivity index (χ4n) is 2.68. The van der Waals surface area contributed by atoms with Gasteiger partial charge in [-0.3, -0.25) is 15.0 Å². The van der Waals surface area contributed by atoms with Crippen LogP contribution in [0.5, 0.6) is 5.75 Å². The Bertz CT molecular complexity index is 1330. The van der Waals surface area contributed by atoms with Crippen LogP contribution in [-0.2, 0) is 0 Å². The van der Waals surface area contributed by atoms with Gasteiger partial charge in [-0.25, -0.2) is 4.98 Å². The smallest absolute Gasteiger partial charge is 0.259 e. The molecular formula is C23H22ClN5O3. The lowest BCUT2D eigenvalue weighted by Gasteiger charge is -2.15. The van der Waals surface area contributed by atoms with Gasteiger partial charge < -0.3 is 20.3 Å². The van der Waals surface area contributed by atoms with Gasteiger partial charge in [-0.05, 0) is 42.5 Å². The Morgan fingerprint density at radius 2 is 1.75 bits per heavy atom. The lowest BCUT2D eigenvalue weighted by atomic mass is 10.1. The van der Waals surface area contributed by atoms with Crippen LogP contribution in [0.25, 0.3) is 0 Å². The van der Waals surface area contributed by atoms with Crippen LogP contribution in [0.1, 0.15) is 34.5 Å². The first-order chi connectivity index (χ1) is 17.7. The minimum Gasteiger partial charge on any atom is -0.497 e. The van der Waals surface area contributed by atoms with Crippen LogP contribution in [0.15, 0.2) is 60.8 Å². The van der Waals surface area contributed by atoms with E-state index >= 15 is 0 Å². The molecule has 3 N–H and O–H groups in total. The largest absolute Gasteiger partial charge is 0.497 e. The average molecular weight is 458 g/mol. The molecule has 0 aliphatic carbocycles. The van der Waals surface area contributed by atoms with Crippen molar-refractivity contribution in [3.05, 3.63) is 82.5 Å². The molecule has 0 spiro atoms. The van der Waals surface area contributed by atoms with E-state index in [1.54, 1.807) is 12.1 Å². The molecule has 0 saturated heterocycles. The highest BCUT2D eigenvalue weighted by molar-refractivity contribution is 6.30. The third-order valence-electron chi connectivity index (χ3n) is 4.33. The minimum absolute atomic E-state index is 0.0196. The molecule has 32 heavy (non-hydrogen) atoms. The number of carbonyl (C=O) groups excluding carboxylic acids is 2. The van der Waals surface area contributed by atoms with E-state index in [0.29, 0.717) is 10.8 Å². The monoisotopic (exact) mass is 457 g/mol. The number of ether oxygens (including phenoxy) is 1. The molecule has 0 bridgehead atoms. The van der Waals surface area contributed by atoms with Gasteiger partial charge in [-0.1, -0.05) is 23.7 Å². The van der Waals surface area contributed by atoms with E-state index in [4.69, 9.17) is 30.0 Å². The molecule has 0 fully saturated rings. The first-order valence-corrected chi connectivity index (χ1v) is 9.50. The van der Waals surface area contributed by atoms with Gasteiger partial charge in [0.2, 0.25) is 0 Å². The van der Waals surface area contributed by atoms with Gasteiger partial charge in [-0.2, -0.15) is 0 Å². The number of rotatable bonds is 6. The van der Waals surface area contributed by atoms with Crippen molar-refractivity contribution >= 4 is 40.8 Å². The van der Waals surface area contributed by atoms with Crippen LogP contribution in [0.4, 0.5) is 11.5 Å². The number of halogens is 1. The highest BCUT2D eigenvalue weighted by atomic mass is 35.5. The van der Waals surface area contributed by atoms with Gasteiger partial charge in [0.25, 0.3) is 11.8 Å². The van der Waals surface area contributed by atoms with E-state index in [-0.39, 0.29) is 33.1 Å². The Labute approximate surface area is 199 Å². The summed E-state index contributed by atoms with van der Waals surface area (Å²) in [6.45, 7) is -6.16. The Hall–Kier alpha value is -3.91. The van der Waals surface area contributed by atoms with E-state index < -0.39 is 31.6 Å². The van der Waals surface area contributed by atoms with Crippen LogP contribution >= 0.6 is 11.6 Å². The molecule has 2 aromatic carbocycles. The standard InChI is InChI=1S/C23H22ClN5O3/c1-29(2)21(25)14-4-6-15(7-5-14)22(30)27-19-10-9-17(32-3)12-18(19)23(31)28-20-11-8-16(24)13-26-20/h4-13,25H,1-3H3,(H,27,30)(H,26,28,31)/i1D3,2D3. The summed E-state index contributed by atoms with van der Waals surface area (Å²) in [7, 11) is 1.43. The molecule has 9 heteroatoms. The maximum Gasteiger partial charge on any atom is 0.259 e. The molecule has 0 aliphatic rings. The lowest BCUT2D eigenvalue weighted by molar-refractivity contribution is 0.102. The second kappa shape index (κ2) is 9.93. The highest BCUT2D eigenvalue weighted by Crippen LogP contribution is 2.24. The Morgan fingerprint density at radius 1 is 1.03 bits per heavy atom. The first-order valence-electron chi connectivity index (χ1n) is 12.1. The summed E-state index contributed by atoms with van der Waals surface area (Å²) < 4.78 is 50.0. The van der Waals surface area contributed by atoms with Crippen molar-refractivity contribution in [2.24, 2.45) is 0 Å². The molecule has 0 atom stereocenters. The number of hydrogen-bond acceptors (Lipinski definition) is 5. The summed E-state index contributed by atoms with van der Waals surface area (Å²) in [4.78, 5) is 29.9. The molecule has 0 unspecified atom stereocenters. The van der Waals surface area contributed by atoms with Gasteiger partial charge in [-0.15, -0.1) is 0 Å². The second-order valence-electron chi connectivity index (χ2n) is 6.44. The minimum atomic E-state index is -3.08. The maximum absolute atomic E-state index is 12.9. The van der Waals surface area contributed by atoms with E-state index in [1.165, 1.54) is 55.8 Å². The predicted molar refractivity (Wildman–Crippen MR) is 125 cm³/mol. The van der Waals surface area contributed by atoms with Crippen molar-refractivity contribution in [2.45, 2.75) is 0 Å². The fraction of sp³-hybridized carbons (Fsp3) is 0.130. The molecule has 3 aromatic rings. The van der Waals surface area contributed by atoms with Crippen LogP contribution in [-0.4, -0.2) is 48.6 Å². The predicted octanol–water partition coefficient (Wildman–Crippen LogP) is 4.14. The molecule has 164 valence electrons. The molecule has 1 aromatic heterocycles. The number of methoxy groups -OCH3 is 1. The number of hydrogen-bond donors (Lipinski definition) is 3. The molecule has 1 heterocycles. The molecular weight excluding hydrogens is 430 g/mol. The number of aromatic nitrogens is 1. The number of pyridine rings is 1. The Kier molecular flexibility index (Phi) is 4.91. The van der Waals surface area contributed by atoms with Crippen molar-refractivity contribution in [1.82, 2.24) is 9.88 Å². The van der Waals surface area contributed by atoms with E-state index in [2.05, 4.69) is 15.6 Å². The summed E-state index contributed by atoms with van der Waals surface area (Å²) in [6, 6.07) is 12.7. The van der Waals surface area contributed by atoms with Gasteiger partial charge in [0.1, 0.15) is 17.4 Å². The van der Waals surface area contributed by atoms with E-state index in [0.717, 1.165) is 0 Å². The molecule has 2 amide bonds. The Balaban J connectivity index is 1.83. The van der Waals surface area contributed by atoms with Gasteiger partial charge in [0.05, 0.1) is 23.4 Å². The maximum atomic E-state index is 12.9. The highest BCUT2D eigenvalue weighted by Gasteiger charge is 2.17. The lowest BCUT2D eigenvalue weighted by Crippen LogP contribution is -2.22. The van der Waals surface area contributed by atoms with Crippen molar-refractivity contribution in [2.75, 3.05) is 31.7 Å². The number of nitrogens with zero attached hydrogens (tertiary/aromatic N) is 2. The number of amidine groups is 1. The van der Waals surface area contributed by atoms with Crippen molar-refractivity contribution in [1.29, 1.82) is 5.41 Å². The molecule has 3 rings (SSSR count). The number of nitrogens with one attached hydrogen (secondary N) is 3. The van der Waals surface area contributed by atoms with Crippen LogP contribution in [0, 0.1) is 5.41 Å². The SMILES string of the molecule is [2H]C([2H])([2H])N(C(=N)c1ccc(C(=O)Nc2ccc(OC)cc2C(=O)Nc2ccc(Cl)cn2)cc1)C([2H])([2H])[2H]. The zero-order valence-corrected chi connectivity index (χ0v) is 17.5. The number of benzene rings is 2. The molecule has 0 saturated carbocycles. The van der Waals surface area contributed by atoms with Crippen molar-refractivity contribution < 1.29 is 22.6 Å². The summed E-state index contributed by atoms with van der Waals surface area (Å²) in [5.74, 6) is -1.33. The zero-order valence-electron chi connectivity index (χ0n) is 22.8. The van der Waals surface area contributed by atoms with E-state index in [1.807, 2.05) is 0 Å². The quantitative estimate of drug-likeness (QED) is 0.381. The third kappa shape index (κ3) is 5.41. The van der Waals surface area contributed by atoms with Crippen LogP contribution < -0.4 is 15.4 Å². The fourth-order valence-corrected chi connectivity index (χ4v) is 2.80. The van der Waals surface area contributed by atoms with E-state index in [9.17, 15) is 9.59 Å². The summed E-state index contributed by atoms with van der Waals surface area (Å²) in [6.07, 6.45) is 1.37. The van der Waals surface area contributed by atoms with Gasteiger partial charge in [0, 0.05) is 39.5 Å². The second-order valence-corrected chi connectivity index (χ2v) is 6.88. The summed E-state index contributed by atoms with van der Waals surface area (Å²) in [5, 5.41) is 13.7. The van der Waals surface area contributed by atoms with Crippen LogP contribution in [0.3, 0.4) is 0 Å². The average Bonchev–Trinajstić information content (AvgIpc) is 2.84. The summed E-state index contributed by atoms with van der Waals surface area (Å²) >= 11 is 5.82. The normalized spacial score (nSPS) is 13.8.